The second-order valence-electron chi connectivity index (χ2n) is 3.72. The number of para-hydroxylation sites is 1. The predicted molar refractivity (Wildman–Crippen MR) is 73.8 cm³/mol. The first-order chi connectivity index (χ1) is 8.34. The average molecular weight is 241 g/mol. The SMILES string of the molecule is Nc1csc2nccc(Nc3ccccc3)c12. The van der Waals surface area contributed by atoms with Crippen LogP contribution >= 0.6 is 11.3 Å². The fraction of sp³-hybridized carbons (Fsp3) is 0. The smallest absolute Gasteiger partial charge is 0.127 e. The maximum absolute atomic E-state index is 5.96. The summed E-state index contributed by atoms with van der Waals surface area (Å²) in [5.74, 6) is 0. The van der Waals surface area contributed by atoms with Gasteiger partial charge in [-0.25, -0.2) is 4.98 Å². The molecule has 0 bridgehead atoms. The van der Waals surface area contributed by atoms with Crippen LogP contribution in [0.5, 0.6) is 0 Å². The molecule has 0 atom stereocenters. The summed E-state index contributed by atoms with van der Waals surface area (Å²) in [6.45, 7) is 0. The number of aromatic nitrogens is 1. The third kappa shape index (κ3) is 1.83. The quantitative estimate of drug-likeness (QED) is 0.720. The molecule has 84 valence electrons. The standard InChI is InChI=1S/C13H11N3S/c14-10-8-17-13-12(10)11(6-7-15-13)16-9-4-2-1-3-5-9/h1-8H,14H2,(H,15,16). The summed E-state index contributed by atoms with van der Waals surface area (Å²) in [5, 5.41) is 6.29. The van der Waals surface area contributed by atoms with Crippen molar-refractivity contribution in [2.75, 3.05) is 11.1 Å². The number of pyridine rings is 1. The van der Waals surface area contributed by atoms with Gasteiger partial charge in [-0.1, -0.05) is 18.2 Å². The Balaban J connectivity index is 2.09. The van der Waals surface area contributed by atoms with Gasteiger partial charge in [-0.3, -0.25) is 0 Å². The molecule has 0 aliphatic heterocycles. The largest absolute Gasteiger partial charge is 0.397 e. The van der Waals surface area contributed by atoms with Crippen LogP contribution in [0, 0.1) is 0 Å². The van der Waals surface area contributed by atoms with Gasteiger partial charge in [0.1, 0.15) is 4.83 Å². The van der Waals surface area contributed by atoms with Gasteiger partial charge in [0.15, 0.2) is 0 Å². The van der Waals surface area contributed by atoms with E-state index in [0.717, 1.165) is 27.3 Å². The molecule has 0 saturated heterocycles. The van der Waals surface area contributed by atoms with Crippen molar-refractivity contribution in [2.45, 2.75) is 0 Å². The van der Waals surface area contributed by atoms with Crippen LogP contribution in [0.15, 0.2) is 48.0 Å². The van der Waals surface area contributed by atoms with E-state index in [1.54, 1.807) is 17.5 Å². The lowest BCUT2D eigenvalue weighted by Crippen LogP contribution is -1.92. The second kappa shape index (κ2) is 4.07. The van der Waals surface area contributed by atoms with Crippen molar-refractivity contribution >= 4 is 38.6 Å². The van der Waals surface area contributed by atoms with Crippen LogP contribution < -0.4 is 11.1 Å². The Hall–Kier alpha value is -2.07. The molecule has 1 aromatic carbocycles. The number of hydrogen-bond donors (Lipinski definition) is 2. The summed E-state index contributed by atoms with van der Waals surface area (Å²) >= 11 is 1.56. The van der Waals surface area contributed by atoms with Gasteiger partial charge in [-0.05, 0) is 18.2 Å². The monoisotopic (exact) mass is 241 g/mol. The average Bonchev–Trinajstić information content (AvgIpc) is 2.74. The molecular weight excluding hydrogens is 230 g/mol. The van der Waals surface area contributed by atoms with E-state index in [9.17, 15) is 0 Å². The van der Waals surface area contributed by atoms with Gasteiger partial charge in [-0.15, -0.1) is 11.3 Å². The lowest BCUT2D eigenvalue weighted by Gasteiger charge is -2.07. The molecule has 4 heteroatoms. The molecule has 3 rings (SSSR count). The first-order valence-corrected chi connectivity index (χ1v) is 6.16. The molecule has 0 aliphatic rings. The molecule has 3 N–H and O–H groups in total. The Kier molecular flexibility index (Phi) is 2.42. The number of thiophene rings is 1. The lowest BCUT2D eigenvalue weighted by molar-refractivity contribution is 1.43. The highest BCUT2D eigenvalue weighted by Crippen LogP contribution is 2.33. The Bertz CT molecular complexity index is 646. The number of anilines is 3. The van der Waals surface area contributed by atoms with Crippen molar-refractivity contribution in [3.05, 3.63) is 48.0 Å². The zero-order chi connectivity index (χ0) is 11.7. The van der Waals surface area contributed by atoms with E-state index in [2.05, 4.69) is 10.3 Å². The fourth-order valence-corrected chi connectivity index (χ4v) is 2.59. The highest BCUT2D eigenvalue weighted by atomic mass is 32.1. The fourth-order valence-electron chi connectivity index (χ4n) is 1.77. The third-order valence-corrected chi connectivity index (χ3v) is 3.46. The Morgan fingerprint density at radius 1 is 1.12 bits per heavy atom. The van der Waals surface area contributed by atoms with E-state index < -0.39 is 0 Å². The van der Waals surface area contributed by atoms with E-state index in [1.165, 1.54) is 0 Å². The summed E-state index contributed by atoms with van der Waals surface area (Å²) in [5.41, 5.74) is 8.78. The molecule has 0 saturated carbocycles. The van der Waals surface area contributed by atoms with Crippen LogP contribution in [0.2, 0.25) is 0 Å². The van der Waals surface area contributed by atoms with Crippen molar-refractivity contribution in [2.24, 2.45) is 0 Å². The Labute approximate surface area is 103 Å². The van der Waals surface area contributed by atoms with E-state index >= 15 is 0 Å². The number of nitrogens with two attached hydrogens (primary N) is 1. The highest BCUT2D eigenvalue weighted by molar-refractivity contribution is 7.17. The van der Waals surface area contributed by atoms with Crippen LogP contribution in [-0.4, -0.2) is 4.98 Å². The number of nitrogen functional groups attached to an aromatic ring is 1. The van der Waals surface area contributed by atoms with Crippen molar-refractivity contribution in [1.82, 2.24) is 4.98 Å². The molecule has 0 spiro atoms. The minimum atomic E-state index is 0.775. The number of hydrogen-bond acceptors (Lipinski definition) is 4. The molecule has 17 heavy (non-hydrogen) atoms. The Morgan fingerprint density at radius 2 is 1.94 bits per heavy atom. The maximum atomic E-state index is 5.96. The van der Waals surface area contributed by atoms with Crippen molar-refractivity contribution in [1.29, 1.82) is 0 Å². The summed E-state index contributed by atoms with van der Waals surface area (Å²) < 4.78 is 0. The number of nitrogens with zero attached hydrogens (tertiary/aromatic N) is 1. The molecule has 3 nitrogen and oxygen atoms in total. The van der Waals surface area contributed by atoms with E-state index in [4.69, 9.17) is 5.73 Å². The minimum absolute atomic E-state index is 0.775. The molecule has 0 amide bonds. The van der Waals surface area contributed by atoms with Gasteiger partial charge < -0.3 is 11.1 Å². The normalized spacial score (nSPS) is 10.6. The zero-order valence-electron chi connectivity index (χ0n) is 9.05. The minimum Gasteiger partial charge on any atom is -0.397 e. The molecule has 0 unspecified atom stereocenters. The zero-order valence-corrected chi connectivity index (χ0v) is 9.87. The van der Waals surface area contributed by atoms with E-state index in [1.807, 2.05) is 41.8 Å². The third-order valence-electron chi connectivity index (χ3n) is 2.56. The molecule has 0 radical (unpaired) electrons. The second-order valence-corrected chi connectivity index (χ2v) is 4.58. The van der Waals surface area contributed by atoms with E-state index in [0.29, 0.717) is 0 Å². The number of fused-ring (bicyclic) bond motifs is 1. The van der Waals surface area contributed by atoms with Crippen LogP contribution in [0.1, 0.15) is 0 Å². The van der Waals surface area contributed by atoms with Gasteiger partial charge in [0, 0.05) is 17.3 Å². The molecule has 2 heterocycles. The number of rotatable bonds is 2. The van der Waals surface area contributed by atoms with Crippen molar-refractivity contribution < 1.29 is 0 Å². The number of nitrogens with one attached hydrogen (secondary N) is 1. The maximum Gasteiger partial charge on any atom is 0.127 e. The van der Waals surface area contributed by atoms with Gasteiger partial charge in [0.05, 0.1) is 16.8 Å². The lowest BCUT2D eigenvalue weighted by atomic mass is 10.2. The summed E-state index contributed by atoms with van der Waals surface area (Å²) in [6.07, 6.45) is 1.80. The first kappa shape index (κ1) is 10.1. The predicted octanol–water partition coefficient (Wildman–Crippen LogP) is 3.62. The van der Waals surface area contributed by atoms with Crippen molar-refractivity contribution in [3.8, 4) is 0 Å². The van der Waals surface area contributed by atoms with Crippen molar-refractivity contribution in [3.63, 3.8) is 0 Å². The van der Waals surface area contributed by atoms with Gasteiger partial charge in [0.2, 0.25) is 0 Å². The molecule has 0 aliphatic carbocycles. The van der Waals surface area contributed by atoms with E-state index in [-0.39, 0.29) is 0 Å². The van der Waals surface area contributed by atoms with Gasteiger partial charge in [0.25, 0.3) is 0 Å². The summed E-state index contributed by atoms with van der Waals surface area (Å²) in [6, 6.07) is 12.0. The summed E-state index contributed by atoms with van der Waals surface area (Å²) in [4.78, 5) is 5.26. The Morgan fingerprint density at radius 3 is 2.76 bits per heavy atom. The van der Waals surface area contributed by atoms with Crippen LogP contribution in [-0.2, 0) is 0 Å². The van der Waals surface area contributed by atoms with Crippen LogP contribution in [0.4, 0.5) is 17.1 Å². The molecule has 0 fully saturated rings. The molecular formula is C13H11N3S. The highest BCUT2D eigenvalue weighted by Gasteiger charge is 2.07. The summed E-state index contributed by atoms with van der Waals surface area (Å²) in [7, 11) is 0. The first-order valence-electron chi connectivity index (χ1n) is 5.28. The molecule has 2 aromatic heterocycles. The van der Waals surface area contributed by atoms with Gasteiger partial charge >= 0.3 is 0 Å². The van der Waals surface area contributed by atoms with Crippen LogP contribution in [0.25, 0.3) is 10.2 Å². The number of benzene rings is 1. The van der Waals surface area contributed by atoms with Gasteiger partial charge in [-0.2, -0.15) is 0 Å². The molecule has 3 aromatic rings. The van der Waals surface area contributed by atoms with Crippen LogP contribution in [0.3, 0.4) is 0 Å². The topological polar surface area (TPSA) is 50.9 Å².